The molecule has 286 valence electrons. The fourth-order valence-corrected chi connectivity index (χ4v) is 5.27. The van der Waals surface area contributed by atoms with Gasteiger partial charge in [0.1, 0.15) is 24.9 Å². The lowest BCUT2D eigenvalue weighted by Crippen LogP contribution is -2.58. The molecule has 0 saturated carbocycles. The Morgan fingerprint density at radius 1 is 0.784 bits per heavy atom. The van der Waals surface area contributed by atoms with E-state index in [0.717, 1.165) is 11.8 Å². The number of aliphatic hydroxyl groups is 6. The molecule has 0 heterocycles. The number of carbonyl (C=O) groups excluding carboxylic acids is 1. The molecule has 17 heteroatoms. The summed E-state index contributed by atoms with van der Waals surface area (Å²) in [5.41, 5.74) is 13.0. The maximum absolute atomic E-state index is 13.3. The Balaban J connectivity index is 2.02. The van der Waals surface area contributed by atoms with E-state index in [1.54, 1.807) is 24.3 Å². The van der Waals surface area contributed by atoms with Crippen LogP contribution in [0.15, 0.2) is 60.8 Å². The Hall–Kier alpha value is -3.43. The molecule has 0 saturated heterocycles. The molecule has 0 spiro atoms. The molecule has 0 radical (unpaired) electrons. The quantitative estimate of drug-likeness (QED) is 0.0211. The molecule has 1 amide bonds. The Kier molecular flexibility index (Phi) is 21.2. The van der Waals surface area contributed by atoms with Gasteiger partial charge in [-0.3, -0.25) is 36.2 Å². The van der Waals surface area contributed by atoms with Crippen molar-refractivity contribution in [2.45, 2.75) is 94.3 Å². The second kappa shape index (κ2) is 24.7. The second-order valence-corrected chi connectivity index (χ2v) is 12.2. The van der Waals surface area contributed by atoms with Gasteiger partial charge in [-0.1, -0.05) is 67.4 Å². The summed E-state index contributed by atoms with van der Waals surface area (Å²) < 4.78 is 0. The first kappa shape index (κ1) is 43.7. The highest BCUT2D eigenvalue weighted by atomic mass is 16.6. The van der Waals surface area contributed by atoms with Gasteiger partial charge in [0, 0.05) is 12.6 Å². The number of rotatable bonds is 27. The van der Waals surface area contributed by atoms with Crippen LogP contribution >= 0.6 is 0 Å². The van der Waals surface area contributed by atoms with Crippen molar-refractivity contribution >= 4 is 12.0 Å². The van der Waals surface area contributed by atoms with Crippen molar-refractivity contribution in [3.63, 3.8) is 0 Å². The Labute approximate surface area is 298 Å². The van der Waals surface area contributed by atoms with Crippen LogP contribution in [0.1, 0.15) is 61.4 Å². The lowest BCUT2D eigenvalue weighted by molar-refractivity contribution is -0.400. The molecule has 51 heavy (non-hydrogen) atoms. The van der Waals surface area contributed by atoms with Crippen molar-refractivity contribution in [1.82, 2.24) is 26.6 Å². The average molecular weight is 721 g/mol. The number of unbranched alkanes of at least 4 members (excludes halogenated alkanes) is 2. The molecule has 2 aromatic rings. The van der Waals surface area contributed by atoms with Crippen LogP contribution in [0.3, 0.4) is 0 Å². The third-order valence-electron chi connectivity index (χ3n) is 8.07. The third-order valence-corrected chi connectivity index (χ3v) is 8.07. The fraction of sp³-hybridized carbons (Fsp3) is 0.559. The zero-order valence-corrected chi connectivity index (χ0v) is 28.8. The van der Waals surface area contributed by atoms with Crippen molar-refractivity contribution in [2.75, 3.05) is 26.2 Å². The van der Waals surface area contributed by atoms with Gasteiger partial charge >= 0.3 is 0 Å². The maximum atomic E-state index is 13.3. The lowest BCUT2D eigenvalue weighted by Gasteiger charge is -2.30. The highest BCUT2D eigenvalue weighted by Gasteiger charge is 2.26. The van der Waals surface area contributed by atoms with Crippen LogP contribution in [0.25, 0.3) is 6.08 Å². The minimum Gasteiger partial charge on any atom is -0.377 e. The molecule has 0 bridgehead atoms. The minimum absolute atomic E-state index is 0.169. The Morgan fingerprint density at radius 3 is 2.00 bits per heavy atom. The number of nitrogens with zero attached hydrogens (tertiary/aromatic N) is 1. The van der Waals surface area contributed by atoms with E-state index in [1.807, 2.05) is 30.3 Å². The number of carbonyl (C=O) groups is 1. The summed E-state index contributed by atoms with van der Waals surface area (Å²) in [7, 11) is 0. The molecule has 15 N–H and O–H groups in total. The topological polar surface area (TPSA) is 294 Å². The largest absolute Gasteiger partial charge is 0.377 e. The smallest absolute Gasteiger partial charge is 0.237 e. The predicted octanol–water partition coefficient (Wildman–Crippen LogP) is -1.73. The highest BCUT2D eigenvalue weighted by Crippen LogP contribution is 2.15. The molecular formula is C34H56N8O9. The first-order valence-electron chi connectivity index (χ1n) is 17.2. The number of nitrogens with two attached hydrogens (primary N) is 2. The van der Waals surface area contributed by atoms with Crippen molar-refractivity contribution in [3.8, 4) is 0 Å². The molecule has 0 aliphatic carbocycles. The van der Waals surface area contributed by atoms with Gasteiger partial charge in [0.05, 0.1) is 29.6 Å². The number of nitro groups is 1. The predicted molar refractivity (Wildman–Crippen MR) is 191 cm³/mol. The monoisotopic (exact) mass is 720 g/mol. The SMILES string of the molecule is NCCCC[C@H](N[C@@H](O)c1ccc(/C=C/[N+](=O)[O-])cc1)C(=O)NC[C@H](O)N[C@@H](Cc1ccccc1)[C@@H](O)NC[C@H](O)N[C@@H](CCCCN)C(O)O. The highest BCUT2D eigenvalue weighted by molar-refractivity contribution is 5.81. The first-order valence-corrected chi connectivity index (χ1v) is 17.2. The normalized spacial score (nSPS) is 16.0. The summed E-state index contributed by atoms with van der Waals surface area (Å²) in [4.78, 5) is 23.3. The summed E-state index contributed by atoms with van der Waals surface area (Å²) >= 11 is 0. The van der Waals surface area contributed by atoms with Crippen LogP contribution in [0.4, 0.5) is 0 Å². The van der Waals surface area contributed by atoms with Crippen molar-refractivity contribution in [1.29, 1.82) is 0 Å². The average Bonchev–Trinajstić information content (AvgIpc) is 3.11. The van der Waals surface area contributed by atoms with Crippen LogP contribution in [-0.4, -0.2) is 111 Å². The Morgan fingerprint density at radius 2 is 1.39 bits per heavy atom. The maximum Gasteiger partial charge on any atom is 0.237 e. The van der Waals surface area contributed by atoms with Gasteiger partial charge in [-0.2, -0.15) is 0 Å². The van der Waals surface area contributed by atoms with Crippen molar-refractivity contribution in [3.05, 3.63) is 87.6 Å². The van der Waals surface area contributed by atoms with Crippen LogP contribution in [0.5, 0.6) is 0 Å². The molecule has 0 fully saturated rings. The number of hydrogen-bond acceptors (Lipinski definition) is 15. The van der Waals surface area contributed by atoms with Crippen molar-refractivity contribution in [2.24, 2.45) is 11.5 Å². The van der Waals surface area contributed by atoms with E-state index >= 15 is 0 Å². The van der Waals surface area contributed by atoms with Gasteiger partial charge in [0.15, 0.2) is 6.29 Å². The zero-order chi connectivity index (χ0) is 37.6. The number of hydrogen-bond donors (Lipinski definition) is 13. The summed E-state index contributed by atoms with van der Waals surface area (Å²) in [5.74, 6) is -0.489. The van der Waals surface area contributed by atoms with Gasteiger partial charge in [0.25, 0.3) is 0 Å². The summed E-state index contributed by atoms with van der Waals surface area (Å²) in [5, 5.41) is 87.2. The molecule has 7 atom stereocenters. The molecule has 2 rings (SSSR count). The van der Waals surface area contributed by atoms with Crippen LogP contribution in [0.2, 0.25) is 0 Å². The number of amides is 1. The van der Waals surface area contributed by atoms with Crippen molar-refractivity contribution < 1.29 is 40.4 Å². The molecule has 0 aliphatic heterocycles. The van der Waals surface area contributed by atoms with Gasteiger partial charge in [-0.25, -0.2) is 0 Å². The first-order chi connectivity index (χ1) is 24.4. The summed E-state index contributed by atoms with van der Waals surface area (Å²) in [6.45, 7) is 0.459. The van der Waals surface area contributed by atoms with E-state index in [2.05, 4.69) is 26.6 Å². The van der Waals surface area contributed by atoms with E-state index < -0.39 is 60.2 Å². The van der Waals surface area contributed by atoms with Gasteiger partial charge in [0.2, 0.25) is 12.1 Å². The third kappa shape index (κ3) is 18.1. The molecular weight excluding hydrogens is 664 g/mol. The van der Waals surface area contributed by atoms with E-state index in [4.69, 9.17) is 11.5 Å². The lowest BCUT2D eigenvalue weighted by atomic mass is 10.0. The van der Waals surface area contributed by atoms with Gasteiger partial charge in [-0.05, 0) is 61.9 Å². The number of benzene rings is 2. The van der Waals surface area contributed by atoms with Crippen LogP contribution < -0.4 is 38.1 Å². The van der Waals surface area contributed by atoms with E-state index in [9.17, 15) is 45.5 Å². The summed E-state index contributed by atoms with van der Waals surface area (Å²) in [6, 6.07) is 13.1. The van der Waals surface area contributed by atoms with E-state index in [0.29, 0.717) is 62.7 Å². The van der Waals surface area contributed by atoms with Gasteiger partial charge in [-0.15, -0.1) is 0 Å². The zero-order valence-electron chi connectivity index (χ0n) is 28.8. The van der Waals surface area contributed by atoms with E-state index in [1.165, 1.54) is 6.08 Å². The molecule has 0 aromatic heterocycles. The molecule has 0 unspecified atom stereocenters. The molecule has 0 aliphatic rings. The molecule has 2 aromatic carbocycles. The van der Waals surface area contributed by atoms with Crippen LogP contribution in [-0.2, 0) is 11.2 Å². The minimum atomic E-state index is -1.71. The number of aliphatic hydroxyl groups excluding tert-OH is 5. The second-order valence-electron chi connectivity index (χ2n) is 12.2. The molecule has 17 nitrogen and oxygen atoms in total. The number of nitrogens with one attached hydrogen (secondary N) is 5. The Bertz CT molecular complexity index is 1280. The standard InChI is InChI=1S/C34H56N8O9/c35-17-6-4-10-26(41-31(45)25-14-12-23(13-15-25)16-19-42(50)51)32(46)37-22-30(44)40-28(20-24-8-2-1-3-9-24)33(47)38-21-29(43)39-27(34(48)49)11-5-7-18-36/h1-3,8-9,12-16,19,26-31,33-34,38-41,43-45,47-49H,4-7,10-11,17-18,20-22,35-36H2,(H,37,46)/b19-16+/t26-,27-,28-,29-,30-,31-,33+/m0/s1. The van der Waals surface area contributed by atoms with Crippen LogP contribution in [0, 0.1) is 10.1 Å². The van der Waals surface area contributed by atoms with Gasteiger partial charge < -0.3 is 47.4 Å². The van der Waals surface area contributed by atoms with E-state index in [-0.39, 0.29) is 19.5 Å². The summed E-state index contributed by atoms with van der Waals surface area (Å²) in [6.07, 6.45) is -1.16. The fourth-order valence-electron chi connectivity index (χ4n) is 5.27.